The maximum Gasteiger partial charge on any atom is 0.263 e. The summed E-state index contributed by atoms with van der Waals surface area (Å²) in [6.45, 7) is 1.64. The van der Waals surface area contributed by atoms with Gasteiger partial charge >= 0.3 is 0 Å². The summed E-state index contributed by atoms with van der Waals surface area (Å²) in [4.78, 5) is 12.0. The van der Waals surface area contributed by atoms with Crippen molar-refractivity contribution in [1.82, 2.24) is 15.1 Å². The molecule has 110 valence electrons. The van der Waals surface area contributed by atoms with Crippen molar-refractivity contribution in [2.45, 2.75) is 13.0 Å². The van der Waals surface area contributed by atoms with Crippen molar-refractivity contribution in [3.63, 3.8) is 0 Å². The van der Waals surface area contributed by atoms with Gasteiger partial charge in [-0.05, 0) is 12.1 Å². The summed E-state index contributed by atoms with van der Waals surface area (Å²) in [5.41, 5.74) is 2.12. The van der Waals surface area contributed by atoms with Gasteiger partial charge in [0.05, 0.1) is 5.69 Å². The van der Waals surface area contributed by atoms with Crippen LogP contribution in [0.1, 0.15) is 11.3 Å². The summed E-state index contributed by atoms with van der Waals surface area (Å²) in [6.07, 6.45) is 0.888. The molecule has 1 aromatic carbocycles. The number of rotatable bonds is 4. The number of carbonyl (C=O) groups excluding carboxylic acids is 1. The molecule has 0 fully saturated rings. The minimum absolute atomic E-state index is 0.0165. The van der Waals surface area contributed by atoms with Crippen molar-refractivity contribution in [1.29, 1.82) is 0 Å². The second-order valence-electron chi connectivity index (χ2n) is 4.97. The number of carbonyl (C=O) groups is 1. The minimum atomic E-state index is -0.185. The van der Waals surface area contributed by atoms with Gasteiger partial charge in [-0.1, -0.05) is 18.2 Å². The summed E-state index contributed by atoms with van der Waals surface area (Å²) < 4.78 is 7.16. The molecule has 21 heavy (non-hydrogen) atoms. The molecular formula is C15H18N4O2. The van der Waals surface area contributed by atoms with Crippen LogP contribution in [0, 0.1) is 0 Å². The molecule has 1 aliphatic heterocycles. The molecule has 2 aromatic rings. The maximum absolute atomic E-state index is 12.0. The standard InChI is InChI=1S/C15H18N4O2/c1-19-15(12-9-16-8-7-13(12)18-19)17-14(20)10-21-11-5-3-2-4-6-11/h2-6,16H,7-10H2,1H3,(H,17,20). The van der Waals surface area contributed by atoms with Crippen LogP contribution in [0.4, 0.5) is 5.82 Å². The smallest absolute Gasteiger partial charge is 0.263 e. The summed E-state index contributed by atoms with van der Waals surface area (Å²) in [6, 6.07) is 9.29. The van der Waals surface area contributed by atoms with Gasteiger partial charge in [-0.2, -0.15) is 5.10 Å². The van der Waals surface area contributed by atoms with Crippen LogP contribution in [-0.2, 0) is 24.8 Å². The van der Waals surface area contributed by atoms with E-state index in [0.717, 1.165) is 36.6 Å². The van der Waals surface area contributed by atoms with E-state index in [0.29, 0.717) is 5.75 Å². The van der Waals surface area contributed by atoms with Crippen LogP contribution in [0.2, 0.25) is 0 Å². The molecule has 0 spiro atoms. The van der Waals surface area contributed by atoms with Crippen LogP contribution in [0.25, 0.3) is 0 Å². The third-order valence-corrected chi connectivity index (χ3v) is 3.44. The van der Waals surface area contributed by atoms with Gasteiger partial charge in [0.15, 0.2) is 6.61 Å². The van der Waals surface area contributed by atoms with E-state index >= 15 is 0 Å². The molecule has 6 heteroatoms. The van der Waals surface area contributed by atoms with Crippen molar-refractivity contribution in [2.75, 3.05) is 18.5 Å². The van der Waals surface area contributed by atoms with Crippen molar-refractivity contribution >= 4 is 11.7 Å². The molecule has 0 bridgehead atoms. The Labute approximate surface area is 123 Å². The van der Waals surface area contributed by atoms with Gasteiger partial charge in [0.2, 0.25) is 0 Å². The molecule has 0 unspecified atom stereocenters. The number of nitrogens with one attached hydrogen (secondary N) is 2. The number of hydrogen-bond donors (Lipinski definition) is 2. The second kappa shape index (κ2) is 5.97. The number of amides is 1. The summed E-state index contributed by atoms with van der Waals surface area (Å²) in [7, 11) is 1.84. The fourth-order valence-electron chi connectivity index (χ4n) is 2.42. The SMILES string of the molecule is Cn1nc2c(c1NC(=O)COc1ccccc1)CNCC2. The van der Waals surface area contributed by atoms with E-state index in [-0.39, 0.29) is 12.5 Å². The van der Waals surface area contributed by atoms with Crippen LogP contribution < -0.4 is 15.4 Å². The molecule has 0 saturated heterocycles. The number of benzene rings is 1. The average Bonchev–Trinajstić information content (AvgIpc) is 2.82. The summed E-state index contributed by atoms with van der Waals surface area (Å²) in [5, 5.41) is 10.6. The Kier molecular flexibility index (Phi) is 3.87. The molecule has 6 nitrogen and oxygen atoms in total. The lowest BCUT2D eigenvalue weighted by molar-refractivity contribution is -0.118. The molecule has 0 aliphatic carbocycles. The topological polar surface area (TPSA) is 68.2 Å². The van der Waals surface area contributed by atoms with Gasteiger partial charge in [0, 0.05) is 32.1 Å². The molecule has 0 radical (unpaired) electrons. The van der Waals surface area contributed by atoms with Gasteiger partial charge in [-0.15, -0.1) is 0 Å². The normalized spacial score (nSPS) is 13.6. The van der Waals surface area contributed by atoms with Crippen LogP contribution in [0.3, 0.4) is 0 Å². The van der Waals surface area contributed by atoms with E-state index in [1.807, 2.05) is 37.4 Å². The lowest BCUT2D eigenvalue weighted by Gasteiger charge is -2.13. The highest BCUT2D eigenvalue weighted by molar-refractivity contribution is 5.91. The Bertz CT molecular complexity index is 637. The lowest BCUT2D eigenvalue weighted by atomic mass is 10.1. The minimum Gasteiger partial charge on any atom is -0.484 e. The zero-order valence-corrected chi connectivity index (χ0v) is 11.9. The van der Waals surface area contributed by atoms with Crippen molar-refractivity contribution in [3.05, 3.63) is 41.6 Å². The zero-order valence-electron chi connectivity index (χ0n) is 11.9. The molecule has 1 aromatic heterocycles. The Morgan fingerprint density at radius 2 is 2.24 bits per heavy atom. The largest absolute Gasteiger partial charge is 0.484 e. The molecule has 2 N–H and O–H groups in total. The highest BCUT2D eigenvalue weighted by atomic mass is 16.5. The fraction of sp³-hybridized carbons (Fsp3) is 0.333. The van der Waals surface area contributed by atoms with Gasteiger partial charge in [0.1, 0.15) is 11.6 Å². The number of fused-ring (bicyclic) bond motifs is 1. The number of ether oxygens (including phenoxy) is 1. The number of para-hydroxylation sites is 1. The molecule has 1 amide bonds. The first-order valence-corrected chi connectivity index (χ1v) is 6.97. The van der Waals surface area contributed by atoms with E-state index in [1.54, 1.807) is 4.68 Å². The van der Waals surface area contributed by atoms with Crippen LogP contribution in [0.5, 0.6) is 5.75 Å². The van der Waals surface area contributed by atoms with E-state index in [9.17, 15) is 4.79 Å². The van der Waals surface area contributed by atoms with Crippen molar-refractivity contribution in [2.24, 2.45) is 7.05 Å². The van der Waals surface area contributed by atoms with E-state index in [1.165, 1.54) is 0 Å². The average molecular weight is 286 g/mol. The molecule has 2 heterocycles. The number of aryl methyl sites for hydroxylation is 1. The highest BCUT2D eigenvalue weighted by Gasteiger charge is 2.20. The molecular weight excluding hydrogens is 268 g/mol. The molecule has 0 atom stereocenters. The van der Waals surface area contributed by atoms with Crippen LogP contribution in [-0.4, -0.2) is 28.8 Å². The van der Waals surface area contributed by atoms with Crippen LogP contribution >= 0.6 is 0 Å². The molecule has 0 saturated carbocycles. The van der Waals surface area contributed by atoms with Gasteiger partial charge in [-0.3, -0.25) is 9.48 Å². The third-order valence-electron chi connectivity index (χ3n) is 3.44. The fourth-order valence-corrected chi connectivity index (χ4v) is 2.42. The first kappa shape index (κ1) is 13.6. The zero-order chi connectivity index (χ0) is 14.7. The number of anilines is 1. The predicted octanol–water partition coefficient (Wildman–Crippen LogP) is 1.08. The quantitative estimate of drug-likeness (QED) is 0.882. The Morgan fingerprint density at radius 3 is 3.05 bits per heavy atom. The monoisotopic (exact) mass is 286 g/mol. The van der Waals surface area contributed by atoms with E-state index in [4.69, 9.17) is 4.74 Å². The Morgan fingerprint density at radius 1 is 1.43 bits per heavy atom. The predicted molar refractivity (Wildman–Crippen MR) is 79.2 cm³/mol. The Hall–Kier alpha value is -2.34. The lowest BCUT2D eigenvalue weighted by Crippen LogP contribution is -2.26. The first-order chi connectivity index (χ1) is 10.2. The highest BCUT2D eigenvalue weighted by Crippen LogP contribution is 2.22. The maximum atomic E-state index is 12.0. The second-order valence-corrected chi connectivity index (χ2v) is 4.97. The summed E-state index contributed by atoms with van der Waals surface area (Å²) >= 11 is 0. The van der Waals surface area contributed by atoms with Gasteiger partial charge in [-0.25, -0.2) is 0 Å². The van der Waals surface area contributed by atoms with Crippen LogP contribution in [0.15, 0.2) is 30.3 Å². The van der Waals surface area contributed by atoms with E-state index in [2.05, 4.69) is 15.7 Å². The van der Waals surface area contributed by atoms with Crippen molar-refractivity contribution in [3.8, 4) is 5.75 Å². The summed E-state index contributed by atoms with van der Waals surface area (Å²) in [5.74, 6) is 1.25. The molecule has 1 aliphatic rings. The molecule has 3 rings (SSSR count). The van der Waals surface area contributed by atoms with Crippen molar-refractivity contribution < 1.29 is 9.53 Å². The third kappa shape index (κ3) is 3.05. The number of hydrogen-bond acceptors (Lipinski definition) is 4. The number of nitrogens with zero attached hydrogens (tertiary/aromatic N) is 2. The first-order valence-electron chi connectivity index (χ1n) is 6.97. The van der Waals surface area contributed by atoms with Gasteiger partial charge < -0.3 is 15.4 Å². The van der Waals surface area contributed by atoms with E-state index < -0.39 is 0 Å². The Balaban J connectivity index is 1.64. The van der Waals surface area contributed by atoms with Gasteiger partial charge in [0.25, 0.3) is 5.91 Å². The number of aromatic nitrogens is 2.